The molecule has 1 aromatic rings. The van der Waals surface area contributed by atoms with Gasteiger partial charge in [-0.2, -0.15) is 0 Å². The van der Waals surface area contributed by atoms with Crippen LogP contribution in [0.4, 0.5) is 5.69 Å². The van der Waals surface area contributed by atoms with Crippen LogP contribution in [-0.2, 0) is 4.79 Å². The van der Waals surface area contributed by atoms with Crippen molar-refractivity contribution in [2.75, 3.05) is 5.32 Å². The van der Waals surface area contributed by atoms with Gasteiger partial charge in [-0.3, -0.25) is 10.1 Å². The second-order valence-electron chi connectivity index (χ2n) is 3.78. The lowest BCUT2D eigenvalue weighted by molar-refractivity contribution is -0.123. The molecular weight excluding hydrogens is 190 g/mol. The lowest BCUT2D eigenvalue weighted by Gasteiger charge is -2.30. The molecule has 4 nitrogen and oxygen atoms in total. The van der Waals surface area contributed by atoms with Crippen LogP contribution in [0.25, 0.3) is 0 Å². The van der Waals surface area contributed by atoms with E-state index in [9.17, 15) is 4.79 Å². The molecule has 1 heterocycles. The normalized spacial score (nSPS) is 25.8. The zero-order chi connectivity index (χ0) is 10.7. The van der Waals surface area contributed by atoms with Crippen LogP contribution in [-0.4, -0.2) is 18.2 Å². The highest BCUT2D eigenvalue weighted by Gasteiger charge is 2.21. The summed E-state index contributed by atoms with van der Waals surface area (Å²) >= 11 is 0. The Morgan fingerprint density at radius 3 is 2.73 bits per heavy atom. The first-order valence-electron chi connectivity index (χ1n) is 5.11. The van der Waals surface area contributed by atoms with Gasteiger partial charge in [0.1, 0.15) is 0 Å². The largest absolute Gasteiger partial charge is 0.353 e. The van der Waals surface area contributed by atoms with Crippen molar-refractivity contribution in [2.24, 2.45) is 0 Å². The molecule has 0 radical (unpaired) electrons. The van der Waals surface area contributed by atoms with Gasteiger partial charge < -0.3 is 10.6 Å². The van der Waals surface area contributed by atoms with Crippen LogP contribution in [0.2, 0.25) is 0 Å². The van der Waals surface area contributed by atoms with E-state index >= 15 is 0 Å². The average molecular weight is 205 g/mol. The first-order valence-corrected chi connectivity index (χ1v) is 5.11. The number of rotatable bonds is 2. The lowest BCUT2D eigenvalue weighted by Crippen LogP contribution is -2.59. The fourth-order valence-corrected chi connectivity index (χ4v) is 1.66. The first-order chi connectivity index (χ1) is 7.24. The van der Waals surface area contributed by atoms with E-state index in [0.717, 1.165) is 5.69 Å². The van der Waals surface area contributed by atoms with E-state index in [1.807, 2.05) is 37.3 Å². The number of amides is 1. The first kappa shape index (κ1) is 9.98. The summed E-state index contributed by atoms with van der Waals surface area (Å²) in [5.74, 6) is 0.0784. The third-order valence-corrected chi connectivity index (χ3v) is 2.33. The molecule has 1 fully saturated rings. The van der Waals surface area contributed by atoms with Crippen LogP contribution in [0.15, 0.2) is 30.3 Å². The molecule has 1 aliphatic rings. The van der Waals surface area contributed by atoms with Gasteiger partial charge in [0.15, 0.2) is 6.29 Å². The number of carbonyl (C=O) groups is 1. The average Bonchev–Trinajstić information content (AvgIpc) is 2.17. The molecule has 1 saturated heterocycles. The number of nitrogens with one attached hydrogen (secondary N) is 3. The lowest BCUT2D eigenvalue weighted by atomic mass is 10.2. The fraction of sp³-hybridized carbons (Fsp3) is 0.364. The van der Waals surface area contributed by atoms with E-state index in [1.165, 1.54) is 0 Å². The Labute approximate surface area is 89.1 Å². The van der Waals surface area contributed by atoms with Crippen molar-refractivity contribution in [1.29, 1.82) is 0 Å². The van der Waals surface area contributed by atoms with Gasteiger partial charge in [0.2, 0.25) is 5.91 Å². The predicted molar refractivity (Wildman–Crippen MR) is 59.2 cm³/mol. The molecule has 0 aliphatic carbocycles. The zero-order valence-corrected chi connectivity index (χ0v) is 8.66. The topological polar surface area (TPSA) is 53.2 Å². The van der Waals surface area contributed by atoms with Gasteiger partial charge in [0, 0.05) is 18.2 Å². The smallest absolute Gasteiger partial charge is 0.224 e. The van der Waals surface area contributed by atoms with Crippen LogP contribution < -0.4 is 16.0 Å². The molecule has 0 saturated carbocycles. The van der Waals surface area contributed by atoms with Crippen LogP contribution >= 0.6 is 0 Å². The minimum Gasteiger partial charge on any atom is -0.353 e. The SMILES string of the molecule is CC1CC(=O)NC(Nc2ccccc2)N1. The van der Waals surface area contributed by atoms with Crippen LogP contribution in [0.5, 0.6) is 0 Å². The summed E-state index contributed by atoms with van der Waals surface area (Å²) in [4.78, 5) is 11.3. The van der Waals surface area contributed by atoms with E-state index in [0.29, 0.717) is 6.42 Å². The maximum absolute atomic E-state index is 11.3. The summed E-state index contributed by atoms with van der Waals surface area (Å²) in [5.41, 5.74) is 0.990. The van der Waals surface area contributed by atoms with Gasteiger partial charge in [-0.25, -0.2) is 0 Å². The molecule has 3 N–H and O–H groups in total. The molecule has 1 aromatic carbocycles. The number of hydrogen-bond acceptors (Lipinski definition) is 3. The number of anilines is 1. The van der Waals surface area contributed by atoms with Gasteiger partial charge in [-0.05, 0) is 19.1 Å². The fourth-order valence-electron chi connectivity index (χ4n) is 1.66. The van der Waals surface area contributed by atoms with Gasteiger partial charge in [-0.15, -0.1) is 0 Å². The molecule has 80 valence electrons. The highest BCUT2D eigenvalue weighted by molar-refractivity contribution is 5.78. The summed E-state index contributed by atoms with van der Waals surface area (Å²) < 4.78 is 0. The zero-order valence-electron chi connectivity index (χ0n) is 8.66. The summed E-state index contributed by atoms with van der Waals surface area (Å²) in [6.45, 7) is 2.00. The Hall–Kier alpha value is -1.55. The Bertz CT molecular complexity index is 339. The molecule has 1 amide bonds. The van der Waals surface area contributed by atoms with Gasteiger partial charge in [0.05, 0.1) is 0 Å². The number of carbonyl (C=O) groups excluding carboxylic acids is 1. The summed E-state index contributed by atoms with van der Waals surface area (Å²) in [5, 5.41) is 9.28. The molecule has 2 rings (SSSR count). The molecule has 1 aliphatic heterocycles. The van der Waals surface area contributed by atoms with E-state index in [-0.39, 0.29) is 18.2 Å². The third kappa shape index (κ3) is 2.70. The highest BCUT2D eigenvalue weighted by atomic mass is 16.2. The van der Waals surface area contributed by atoms with E-state index in [2.05, 4.69) is 16.0 Å². The van der Waals surface area contributed by atoms with Crippen molar-refractivity contribution in [3.05, 3.63) is 30.3 Å². The Balaban J connectivity index is 1.97. The molecular formula is C11H15N3O. The quantitative estimate of drug-likeness (QED) is 0.672. The standard InChI is InChI=1S/C11H15N3O/c1-8-7-10(15)14-11(12-8)13-9-5-3-2-4-6-9/h2-6,8,11-13H,7H2,1H3,(H,14,15). The molecule has 0 bridgehead atoms. The van der Waals surface area contributed by atoms with Crippen molar-refractivity contribution in [1.82, 2.24) is 10.6 Å². The molecule has 15 heavy (non-hydrogen) atoms. The molecule has 0 spiro atoms. The Morgan fingerprint density at radius 1 is 1.33 bits per heavy atom. The van der Waals surface area contributed by atoms with Crippen LogP contribution in [0.1, 0.15) is 13.3 Å². The van der Waals surface area contributed by atoms with Crippen LogP contribution in [0, 0.1) is 0 Å². The van der Waals surface area contributed by atoms with Crippen molar-refractivity contribution >= 4 is 11.6 Å². The molecule has 2 atom stereocenters. The Morgan fingerprint density at radius 2 is 2.07 bits per heavy atom. The summed E-state index contributed by atoms with van der Waals surface area (Å²) in [6.07, 6.45) is 0.358. The molecule has 0 aromatic heterocycles. The van der Waals surface area contributed by atoms with Crippen molar-refractivity contribution in [3.63, 3.8) is 0 Å². The van der Waals surface area contributed by atoms with Crippen molar-refractivity contribution < 1.29 is 4.79 Å². The third-order valence-electron chi connectivity index (χ3n) is 2.33. The van der Waals surface area contributed by atoms with Crippen LogP contribution in [0.3, 0.4) is 0 Å². The van der Waals surface area contributed by atoms with E-state index in [1.54, 1.807) is 0 Å². The number of para-hydroxylation sites is 1. The summed E-state index contributed by atoms with van der Waals surface area (Å²) in [6, 6.07) is 10.0. The van der Waals surface area contributed by atoms with Gasteiger partial charge >= 0.3 is 0 Å². The molecule has 2 unspecified atom stereocenters. The maximum atomic E-state index is 11.3. The second kappa shape index (κ2) is 4.31. The van der Waals surface area contributed by atoms with Gasteiger partial charge in [-0.1, -0.05) is 18.2 Å². The Kier molecular flexibility index (Phi) is 2.87. The predicted octanol–water partition coefficient (Wildman–Crippen LogP) is 0.880. The molecule has 4 heteroatoms. The van der Waals surface area contributed by atoms with Crippen molar-refractivity contribution in [3.8, 4) is 0 Å². The number of benzene rings is 1. The maximum Gasteiger partial charge on any atom is 0.224 e. The van der Waals surface area contributed by atoms with Gasteiger partial charge in [0.25, 0.3) is 0 Å². The number of hydrogen-bond donors (Lipinski definition) is 3. The highest BCUT2D eigenvalue weighted by Crippen LogP contribution is 2.07. The minimum atomic E-state index is -0.177. The van der Waals surface area contributed by atoms with Crippen molar-refractivity contribution in [2.45, 2.75) is 25.7 Å². The minimum absolute atomic E-state index is 0.0784. The second-order valence-corrected chi connectivity index (χ2v) is 3.78. The monoisotopic (exact) mass is 205 g/mol. The van der Waals surface area contributed by atoms with E-state index in [4.69, 9.17) is 0 Å². The summed E-state index contributed by atoms with van der Waals surface area (Å²) in [7, 11) is 0. The van der Waals surface area contributed by atoms with E-state index < -0.39 is 0 Å².